The lowest BCUT2D eigenvalue weighted by Crippen LogP contribution is -2.31. The number of hydrogen-bond acceptors (Lipinski definition) is 3. The van der Waals surface area contributed by atoms with Gasteiger partial charge in [-0.1, -0.05) is 24.3 Å². The summed E-state index contributed by atoms with van der Waals surface area (Å²) < 4.78 is 5.17. The number of aryl methyl sites for hydroxylation is 1. The summed E-state index contributed by atoms with van der Waals surface area (Å²) in [4.78, 5) is 16.6. The second kappa shape index (κ2) is 6.08. The Kier molecular flexibility index (Phi) is 4.41. The van der Waals surface area contributed by atoms with Gasteiger partial charge in [-0.3, -0.25) is 9.78 Å². The molecule has 0 bridgehead atoms. The molecule has 0 N–H and O–H groups in total. The molecule has 1 aromatic carbocycles. The summed E-state index contributed by atoms with van der Waals surface area (Å²) in [5.41, 5.74) is 3.30. The largest absolute Gasteiger partial charge is 0.465 e. The first-order valence-corrected chi connectivity index (χ1v) is 7.16. The van der Waals surface area contributed by atoms with Gasteiger partial charge in [0.05, 0.1) is 17.7 Å². The van der Waals surface area contributed by atoms with Gasteiger partial charge >= 0.3 is 5.97 Å². The van der Waals surface area contributed by atoms with Gasteiger partial charge in [-0.15, -0.1) is 0 Å². The quantitative estimate of drug-likeness (QED) is 0.799. The number of aromatic nitrogens is 1. The van der Waals surface area contributed by atoms with Crippen LogP contribution in [0.5, 0.6) is 0 Å². The number of hydrogen-bond donors (Lipinski definition) is 0. The molecule has 2 aromatic rings. The SMILES string of the molecule is CCOC(=O)C(C)(C)c1cccc(-c2ccc(C)cn2)c1. The van der Waals surface area contributed by atoms with Crippen molar-refractivity contribution in [2.24, 2.45) is 0 Å². The molecule has 0 unspecified atom stereocenters. The van der Waals surface area contributed by atoms with E-state index in [9.17, 15) is 4.79 Å². The van der Waals surface area contributed by atoms with Gasteiger partial charge in [-0.25, -0.2) is 0 Å². The predicted octanol–water partition coefficient (Wildman–Crippen LogP) is 3.90. The summed E-state index contributed by atoms with van der Waals surface area (Å²) in [5, 5.41) is 0. The van der Waals surface area contributed by atoms with Crippen molar-refractivity contribution in [2.45, 2.75) is 33.1 Å². The Bertz CT molecular complexity index is 630. The van der Waals surface area contributed by atoms with E-state index in [0.29, 0.717) is 6.61 Å². The van der Waals surface area contributed by atoms with Crippen LogP contribution in [0, 0.1) is 6.92 Å². The summed E-state index contributed by atoms with van der Waals surface area (Å²) in [7, 11) is 0. The average molecular weight is 283 g/mol. The van der Waals surface area contributed by atoms with Crippen molar-refractivity contribution in [1.29, 1.82) is 0 Å². The van der Waals surface area contributed by atoms with Crippen LogP contribution in [0.1, 0.15) is 31.9 Å². The maximum atomic E-state index is 12.1. The minimum Gasteiger partial charge on any atom is -0.465 e. The minimum absolute atomic E-state index is 0.209. The number of esters is 1. The zero-order valence-corrected chi connectivity index (χ0v) is 13.0. The lowest BCUT2D eigenvalue weighted by Gasteiger charge is -2.23. The van der Waals surface area contributed by atoms with Crippen LogP contribution in [0.4, 0.5) is 0 Å². The monoisotopic (exact) mass is 283 g/mol. The van der Waals surface area contributed by atoms with Crippen LogP contribution in [-0.4, -0.2) is 17.6 Å². The van der Waals surface area contributed by atoms with Gasteiger partial charge in [0.25, 0.3) is 0 Å². The molecule has 0 saturated heterocycles. The first kappa shape index (κ1) is 15.2. The number of pyridine rings is 1. The molecule has 0 aliphatic heterocycles. The molecule has 0 atom stereocenters. The first-order chi connectivity index (χ1) is 9.95. The molecule has 3 heteroatoms. The van der Waals surface area contributed by atoms with Crippen LogP contribution >= 0.6 is 0 Å². The number of benzene rings is 1. The molecular weight excluding hydrogens is 262 g/mol. The van der Waals surface area contributed by atoms with E-state index in [1.54, 1.807) is 0 Å². The zero-order chi connectivity index (χ0) is 15.5. The van der Waals surface area contributed by atoms with Crippen LogP contribution in [-0.2, 0) is 14.9 Å². The van der Waals surface area contributed by atoms with E-state index in [1.807, 2.05) is 70.3 Å². The molecule has 21 heavy (non-hydrogen) atoms. The van der Waals surface area contributed by atoms with Crippen molar-refractivity contribution >= 4 is 5.97 Å². The normalized spacial score (nSPS) is 11.2. The van der Waals surface area contributed by atoms with Crippen LogP contribution in [0.25, 0.3) is 11.3 Å². The summed E-state index contributed by atoms with van der Waals surface area (Å²) in [5.74, 6) is -0.209. The molecule has 3 nitrogen and oxygen atoms in total. The third-order valence-electron chi connectivity index (χ3n) is 3.58. The minimum atomic E-state index is -0.670. The van der Waals surface area contributed by atoms with Gasteiger partial charge < -0.3 is 4.74 Å². The second-order valence-corrected chi connectivity index (χ2v) is 5.65. The molecule has 2 rings (SSSR count). The van der Waals surface area contributed by atoms with Crippen LogP contribution in [0.2, 0.25) is 0 Å². The molecule has 0 saturated carbocycles. The number of ether oxygens (including phenoxy) is 1. The fourth-order valence-corrected chi connectivity index (χ4v) is 2.14. The smallest absolute Gasteiger partial charge is 0.315 e. The van der Waals surface area contributed by atoms with Crippen molar-refractivity contribution in [2.75, 3.05) is 6.61 Å². The Morgan fingerprint density at radius 3 is 2.62 bits per heavy atom. The topological polar surface area (TPSA) is 39.2 Å². The Morgan fingerprint density at radius 2 is 2.00 bits per heavy atom. The summed E-state index contributed by atoms with van der Waals surface area (Å²) >= 11 is 0. The second-order valence-electron chi connectivity index (χ2n) is 5.65. The standard InChI is InChI=1S/C18H21NO2/c1-5-21-17(20)18(3,4)15-8-6-7-14(11-15)16-10-9-13(2)12-19-16/h6-12H,5H2,1-4H3. The molecule has 0 fully saturated rings. The molecule has 0 aliphatic carbocycles. The highest BCUT2D eigenvalue weighted by molar-refractivity contribution is 5.82. The van der Waals surface area contributed by atoms with Crippen molar-refractivity contribution in [1.82, 2.24) is 4.98 Å². The fourth-order valence-electron chi connectivity index (χ4n) is 2.14. The van der Waals surface area contributed by atoms with E-state index >= 15 is 0 Å². The maximum absolute atomic E-state index is 12.1. The van der Waals surface area contributed by atoms with Crippen LogP contribution in [0.15, 0.2) is 42.6 Å². The van der Waals surface area contributed by atoms with Gasteiger partial charge in [0.15, 0.2) is 0 Å². The molecule has 110 valence electrons. The van der Waals surface area contributed by atoms with E-state index in [1.165, 1.54) is 0 Å². The van der Waals surface area contributed by atoms with Crippen molar-refractivity contribution < 1.29 is 9.53 Å². The summed E-state index contributed by atoms with van der Waals surface area (Å²) in [6, 6.07) is 11.9. The molecule has 0 aliphatic rings. The van der Waals surface area contributed by atoms with Crippen molar-refractivity contribution in [3.05, 3.63) is 53.7 Å². The van der Waals surface area contributed by atoms with Crippen molar-refractivity contribution in [3.63, 3.8) is 0 Å². The molecule has 0 radical (unpaired) electrons. The Balaban J connectivity index is 2.37. The third kappa shape index (κ3) is 3.30. The lowest BCUT2D eigenvalue weighted by molar-refractivity contribution is -0.148. The summed E-state index contributed by atoms with van der Waals surface area (Å²) in [6.07, 6.45) is 1.85. The molecule has 1 aromatic heterocycles. The van der Waals surface area contributed by atoms with E-state index < -0.39 is 5.41 Å². The van der Waals surface area contributed by atoms with Gasteiger partial charge in [0.1, 0.15) is 0 Å². The van der Waals surface area contributed by atoms with E-state index in [0.717, 1.165) is 22.4 Å². The Labute approximate surface area is 126 Å². The van der Waals surface area contributed by atoms with E-state index in [2.05, 4.69) is 4.98 Å². The Hall–Kier alpha value is -2.16. The Morgan fingerprint density at radius 1 is 1.24 bits per heavy atom. The predicted molar refractivity (Wildman–Crippen MR) is 84.1 cm³/mol. The highest BCUT2D eigenvalue weighted by atomic mass is 16.5. The number of nitrogens with zero attached hydrogens (tertiary/aromatic N) is 1. The molecule has 0 amide bonds. The van der Waals surface area contributed by atoms with E-state index in [4.69, 9.17) is 4.74 Å². The fraction of sp³-hybridized carbons (Fsp3) is 0.333. The highest BCUT2D eigenvalue weighted by Gasteiger charge is 2.31. The average Bonchev–Trinajstić information content (AvgIpc) is 2.48. The van der Waals surface area contributed by atoms with Crippen LogP contribution in [0.3, 0.4) is 0 Å². The van der Waals surface area contributed by atoms with Gasteiger partial charge in [0, 0.05) is 11.8 Å². The lowest BCUT2D eigenvalue weighted by atomic mass is 9.83. The third-order valence-corrected chi connectivity index (χ3v) is 3.58. The van der Waals surface area contributed by atoms with Crippen molar-refractivity contribution in [3.8, 4) is 11.3 Å². The zero-order valence-electron chi connectivity index (χ0n) is 13.0. The number of rotatable bonds is 4. The van der Waals surface area contributed by atoms with Gasteiger partial charge in [-0.05, 0) is 51.0 Å². The first-order valence-electron chi connectivity index (χ1n) is 7.16. The van der Waals surface area contributed by atoms with Gasteiger partial charge in [0.2, 0.25) is 0 Å². The molecular formula is C18H21NO2. The van der Waals surface area contributed by atoms with Gasteiger partial charge in [-0.2, -0.15) is 0 Å². The number of carbonyl (C=O) groups is 1. The molecule has 0 spiro atoms. The van der Waals surface area contributed by atoms with E-state index in [-0.39, 0.29) is 5.97 Å². The summed E-state index contributed by atoms with van der Waals surface area (Å²) in [6.45, 7) is 7.98. The molecule has 1 heterocycles. The number of carbonyl (C=O) groups excluding carboxylic acids is 1. The maximum Gasteiger partial charge on any atom is 0.315 e. The van der Waals surface area contributed by atoms with Crippen LogP contribution < -0.4 is 0 Å². The highest BCUT2D eigenvalue weighted by Crippen LogP contribution is 2.28.